The third-order valence-corrected chi connectivity index (χ3v) is 7.01. The first-order valence-electron chi connectivity index (χ1n) is 12.8. The molecule has 1 fully saturated rings. The molecule has 1 saturated heterocycles. The molecule has 0 aliphatic carbocycles. The van der Waals surface area contributed by atoms with Crippen LogP contribution in [0.25, 0.3) is 12.2 Å². The van der Waals surface area contributed by atoms with Crippen molar-refractivity contribution in [1.82, 2.24) is 14.5 Å². The van der Waals surface area contributed by atoms with Crippen LogP contribution in [0.15, 0.2) is 41.6 Å². The summed E-state index contributed by atoms with van der Waals surface area (Å²) in [7, 11) is 3.72. The van der Waals surface area contributed by atoms with E-state index in [4.69, 9.17) is 9.72 Å². The van der Waals surface area contributed by atoms with E-state index in [0.29, 0.717) is 17.7 Å². The molecule has 0 radical (unpaired) electrons. The minimum Gasteiger partial charge on any atom is -0.433 e. The Labute approximate surface area is 226 Å². The van der Waals surface area contributed by atoms with Crippen LogP contribution < -0.4 is 20.3 Å². The number of allylic oxidation sites excluding steroid dienone is 3. The maximum atomic E-state index is 13.5. The topological polar surface area (TPSA) is 50.6 Å². The Morgan fingerprint density at radius 2 is 1.92 bits per heavy atom. The first-order chi connectivity index (χ1) is 18.4. The molecular formula is C29H36F4N4O2. The van der Waals surface area contributed by atoms with E-state index in [1.165, 1.54) is 6.07 Å². The fraction of sp³-hybridized carbons (Fsp3) is 0.448. The zero-order valence-electron chi connectivity index (χ0n) is 23.3. The quantitative estimate of drug-likeness (QED) is 0.318. The van der Waals surface area contributed by atoms with Gasteiger partial charge in [0, 0.05) is 45.2 Å². The largest absolute Gasteiger partial charge is 0.433 e. The lowest BCUT2D eigenvalue weighted by molar-refractivity contribution is -0.147. The standard InChI is InChI=1S/C29H36F4N4O2/c1-8-18(5)23(14-24-21(9-2)34-26(36(24)7)12-17(3)4)35(6)22-11-10-19(13-25(22)39-29(32)33)20-15-37(16-20)28(38)27(30)31/h9-11,13-14,20,27,29H,3,8,12,15-16H2,1-2,4-7H3. The van der Waals surface area contributed by atoms with Crippen LogP contribution in [-0.4, -0.2) is 53.5 Å². The van der Waals surface area contributed by atoms with Crippen molar-refractivity contribution in [3.05, 3.63) is 63.7 Å². The highest BCUT2D eigenvalue weighted by atomic mass is 19.3. The minimum absolute atomic E-state index is 0.0336. The second-order valence-corrected chi connectivity index (χ2v) is 9.85. The number of benzene rings is 1. The zero-order chi connectivity index (χ0) is 29.0. The Balaban J connectivity index is 2.05. The number of halogens is 4. The molecule has 1 amide bonds. The number of imidazole rings is 1. The van der Waals surface area contributed by atoms with Crippen LogP contribution in [0.1, 0.15) is 51.4 Å². The lowest BCUT2D eigenvalue weighted by atomic mass is 9.91. The summed E-state index contributed by atoms with van der Waals surface area (Å²) in [6.45, 7) is 8.99. The predicted molar refractivity (Wildman–Crippen MR) is 145 cm³/mol. The number of hydrogen-bond acceptors (Lipinski definition) is 4. The van der Waals surface area contributed by atoms with Gasteiger partial charge in [-0.05, 0) is 56.5 Å². The number of carbonyl (C=O) groups excluding carboxylic acids is 1. The summed E-state index contributed by atoms with van der Waals surface area (Å²) in [6.07, 6.45) is 2.19. The van der Waals surface area contributed by atoms with Gasteiger partial charge in [0.15, 0.2) is 0 Å². The number of hydrogen-bond donors (Lipinski definition) is 0. The SMILES string of the molecule is C=C(C)Cc1nc(=CC)c(=CC(=C(C)CC)N(C)c2ccc(C3CN(C(=O)C(F)F)C3)cc2OC(F)F)n1C. The number of likely N-dealkylation sites (tertiary alicyclic amines) is 1. The summed E-state index contributed by atoms with van der Waals surface area (Å²) in [5, 5.41) is 1.67. The fourth-order valence-electron chi connectivity index (χ4n) is 4.60. The summed E-state index contributed by atoms with van der Waals surface area (Å²) >= 11 is 0. The van der Waals surface area contributed by atoms with E-state index in [0.717, 1.165) is 44.7 Å². The van der Waals surface area contributed by atoms with Crippen molar-refractivity contribution < 1.29 is 27.1 Å². The van der Waals surface area contributed by atoms with Gasteiger partial charge in [0.2, 0.25) is 0 Å². The van der Waals surface area contributed by atoms with Gasteiger partial charge in [0.05, 0.1) is 16.4 Å². The van der Waals surface area contributed by atoms with Crippen LogP contribution in [0.4, 0.5) is 23.2 Å². The molecule has 10 heteroatoms. The Morgan fingerprint density at radius 1 is 1.26 bits per heavy atom. The molecule has 1 aliphatic heterocycles. The third kappa shape index (κ3) is 6.72. The van der Waals surface area contributed by atoms with E-state index in [-0.39, 0.29) is 24.8 Å². The lowest BCUT2D eigenvalue weighted by Gasteiger charge is -2.39. The molecule has 2 aromatic rings. The molecule has 0 spiro atoms. The lowest BCUT2D eigenvalue weighted by Crippen LogP contribution is -2.50. The summed E-state index contributed by atoms with van der Waals surface area (Å²) in [6, 6.07) is 4.95. The van der Waals surface area contributed by atoms with Crippen molar-refractivity contribution in [2.75, 3.05) is 25.0 Å². The van der Waals surface area contributed by atoms with Crippen LogP contribution in [0.5, 0.6) is 5.75 Å². The van der Waals surface area contributed by atoms with Gasteiger partial charge in [-0.25, -0.2) is 4.98 Å². The molecular weight excluding hydrogens is 512 g/mol. The zero-order valence-corrected chi connectivity index (χ0v) is 23.3. The van der Waals surface area contributed by atoms with Gasteiger partial charge in [0.1, 0.15) is 11.6 Å². The third-order valence-electron chi connectivity index (χ3n) is 7.01. The number of carbonyl (C=O) groups is 1. The second-order valence-electron chi connectivity index (χ2n) is 9.85. The maximum Gasteiger partial charge on any atom is 0.387 e. The minimum atomic E-state index is -3.06. The molecule has 212 valence electrons. The molecule has 0 saturated carbocycles. The van der Waals surface area contributed by atoms with Gasteiger partial charge < -0.3 is 19.1 Å². The van der Waals surface area contributed by atoms with Crippen LogP contribution in [0.2, 0.25) is 0 Å². The smallest absolute Gasteiger partial charge is 0.387 e. The average molecular weight is 549 g/mol. The van der Waals surface area contributed by atoms with E-state index >= 15 is 0 Å². The van der Waals surface area contributed by atoms with Crippen molar-refractivity contribution >= 4 is 23.7 Å². The monoisotopic (exact) mass is 548 g/mol. The molecule has 2 heterocycles. The van der Waals surface area contributed by atoms with E-state index in [2.05, 4.69) is 6.58 Å². The summed E-state index contributed by atoms with van der Waals surface area (Å²) in [4.78, 5) is 19.1. The molecule has 39 heavy (non-hydrogen) atoms. The van der Waals surface area contributed by atoms with E-state index in [1.807, 2.05) is 51.5 Å². The van der Waals surface area contributed by atoms with Crippen LogP contribution in [-0.2, 0) is 18.3 Å². The summed E-state index contributed by atoms with van der Waals surface area (Å²) in [5.41, 5.74) is 3.87. The molecule has 1 aromatic heterocycles. The molecule has 6 nitrogen and oxygen atoms in total. The van der Waals surface area contributed by atoms with Crippen LogP contribution in [0, 0.1) is 0 Å². The van der Waals surface area contributed by atoms with Crippen LogP contribution >= 0.6 is 0 Å². The highest BCUT2D eigenvalue weighted by Gasteiger charge is 2.36. The Hall–Kier alpha value is -3.56. The summed E-state index contributed by atoms with van der Waals surface area (Å²) < 4.78 is 59.3. The average Bonchev–Trinajstić information content (AvgIpc) is 3.13. The van der Waals surface area contributed by atoms with Gasteiger partial charge in [-0.2, -0.15) is 17.6 Å². The molecule has 0 bridgehead atoms. The highest BCUT2D eigenvalue weighted by molar-refractivity contribution is 5.80. The van der Waals surface area contributed by atoms with Gasteiger partial charge in [-0.1, -0.05) is 31.2 Å². The summed E-state index contributed by atoms with van der Waals surface area (Å²) in [5.74, 6) is -0.634. The molecule has 0 N–H and O–H groups in total. The van der Waals surface area contributed by atoms with Gasteiger partial charge >= 0.3 is 13.0 Å². The van der Waals surface area contributed by atoms with E-state index in [1.54, 1.807) is 24.1 Å². The van der Waals surface area contributed by atoms with E-state index in [9.17, 15) is 22.4 Å². The van der Waals surface area contributed by atoms with Crippen molar-refractivity contribution in [3.63, 3.8) is 0 Å². The molecule has 1 aliphatic rings. The number of anilines is 1. The van der Waals surface area contributed by atoms with Crippen molar-refractivity contribution in [1.29, 1.82) is 0 Å². The van der Waals surface area contributed by atoms with Crippen molar-refractivity contribution in [2.24, 2.45) is 7.05 Å². The highest BCUT2D eigenvalue weighted by Crippen LogP contribution is 2.37. The Bertz CT molecular complexity index is 1370. The Morgan fingerprint density at radius 3 is 2.46 bits per heavy atom. The van der Waals surface area contributed by atoms with Crippen molar-refractivity contribution in [2.45, 2.75) is 59.5 Å². The Kier molecular flexibility index (Phi) is 9.63. The number of alkyl halides is 4. The number of rotatable bonds is 10. The fourth-order valence-corrected chi connectivity index (χ4v) is 4.60. The number of aromatic nitrogens is 2. The predicted octanol–water partition coefficient (Wildman–Crippen LogP) is 4.73. The molecule has 3 rings (SSSR count). The van der Waals surface area contributed by atoms with E-state index < -0.39 is 18.9 Å². The first kappa shape index (κ1) is 30.0. The number of ether oxygens (including phenoxy) is 1. The molecule has 0 unspecified atom stereocenters. The van der Waals surface area contributed by atoms with Gasteiger partial charge in [0.25, 0.3) is 5.91 Å². The molecule has 0 atom stereocenters. The van der Waals surface area contributed by atoms with Gasteiger partial charge in [-0.15, -0.1) is 0 Å². The first-order valence-corrected chi connectivity index (χ1v) is 12.8. The number of nitrogens with zero attached hydrogens (tertiary/aromatic N) is 4. The second kappa shape index (κ2) is 12.5. The molecule has 1 aromatic carbocycles. The van der Waals surface area contributed by atoms with Crippen molar-refractivity contribution in [3.8, 4) is 5.75 Å². The maximum absolute atomic E-state index is 13.5. The van der Waals surface area contributed by atoms with Crippen LogP contribution in [0.3, 0.4) is 0 Å². The number of amides is 1. The normalized spacial score (nSPS) is 15.6. The van der Waals surface area contributed by atoms with Gasteiger partial charge in [-0.3, -0.25) is 4.79 Å².